The monoisotopic (exact) mass is 235 g/mol. The molecule has 1 N–H and O–H groups in total. The maximum absolute atomic E-state index is 12.7. The van der Waals surface area contributed by atoms with Crippen LogP contribution in [0.1, 0.15) is 16.9 Å². The topological polar surface area (TPSA) is 42.0 Å². The summed E-state index contributed by atoms with van der Waals surface area (Å²) in [4.78, 5) is 15.3. The van der Waals surface area contributed by atoms with Crippen LogP contribution in [0.15, 0.2) is 42.0 Å². The van der Waals surface area contributed by atoms with Crippen molar-refractivity contribution in [1.29, 1.82) is 0 Å². The molecule has 0 spiro atoms. The van der Waals surface area contributed by atoms with Crippen LogP contribution in [0, 0.1) is 12.2 Å². The predicted molar refractivity (Wildman–Crippen MR) is 57.9 cm³/mol. The Labute approximate surface area is 96.9 Å². The number of amides is 1. The molecule has 2 rings (SSSR count). The highest BCUT2D eigenvalue weighted by atomic mass is 19.1. The van der Waals surface area contributed by atoms with E-state index in [1.54, 1.807) is 0 Å². The summed E-state index contributed by atoms with van der Waals surface area (Å²) in [6, 6.07) is 2.44. The first kappa shape index (κ1) is 11.4. The normalized spacial score (nSPS) is 14.9. The molecule has 0 aliphatic heterocycles. The Morgan fingerprint density at radius 2 is 2.12 bits per heavy atom. The number of halogens is 2. The van der Waals surface area contributed by atoms with Gasteiger partial charge in [-0.3, -0.25) is 4.79 Å². The van der Waals surface area contributed by atoms with Gasteiger partial charge in [0.05, 0.1) is 6.20 Å². The van der Waals surface area contributed by atoms with Gasteiger partial charge in [0.25, 0.3) is 5.91 Å². The molecular weight excluding hydrogens is 226 g/mol. The molecule has 5 heteroatoms. The Hall–Kier alpha value is -2.04. The molecule has 17 heavy (non-hydrogen) atoms. The number of rotatable bonds is 2. The summed E-state index contributed by atoms with van der Waals surface area (Å²) in [6.07, 6.45) is 5.38. The van der Waals surface area contributed by atoms with Crippen molar-refractivity contribution >= 4 is 5.91 Å². The van der Waals surface area contributed by atoms with E-state index in [1.807, 2.05) is 0 Å². The largest absolute Gasteiger partial charge is 0.324 e. The SMILES string of the molecule is O=C(NC1=CC=C(F)[CH]C1)c1ccc(F)cn1. The maximum Gasteiger partial charge on any atom is 0.274 e. The molecule has 0 aromatic carbocycles. The first-order valence-electron chi connectivity index (χ1n) is 4.97. The highest BCUT2D eigenvalue weighted by molar-refractivity contribution is 5.93. The molecule has 0 atom stereocenters. The van der Waals surface area contributed by atoms with Crippen molar-refractivity contribution < 1.29 is 13.6 Å². The van der Waals surface area contributed by atoms with Crippen molar-refractivity contribution in [3.63, 3.8) is 0 Å². The van der Waals surface area contributed by atoms with E-state index in [1.165, 1.54) is 24.6 Å². The zero-order valence-electron chi connectivity index (χ0n) is 8.78. The van der Waals surface area contributed by atoms with Gasteiger partial charge in [-0.15, -0.1) is 0 Å². The van der Waals surface area contributed by atoms with Gasteiger partial charge in [-0.1, -0.05) is 0 Å². The molecule has 0 bridgehead atoms. The van der Waals surface area contributed by atoms with Crippen LogP contribution < -0.4 is 5.32 Å². The van der Waals surface area contributed by atoms with Gasteiger partial charge >= 0.3 is 0 Å². The molecule has 0 saturated carbocycles. The minimum absolute atomic E-state index is 0.113. The molecule has 3 nitrogen and oxygen atoms in total. The molecule has 0 fully saturated rings. The second-order valence-electron chi connectivity index (χ2n) is 3.47. The highest BCUT2D eigenvalue weighted by Gasteiger charge is 2.11. The second-order valence-corrected chi connectivity index (χ2v) is 3.47. The summed E-state index contributed by atoms with van der Waals surface area (Å²) in [6.45, 7) is 0. The molecule has 1 aromatic heterocycles. The molecule has 1 aliphatic rings. The Kier molecular flexibility index (Phi) is 3.27. The van der Waals surface area contributed by atoms with Gasteiger partial charge in [-0.05, 0) is 30.7 Å². The van der Waals surface area contributed by atoms with Gasteiger partial charge < -0.3 is 5.32 Å². The summed E-state index contributed by atoms with van der Waals surface area (Å²) in [5.74, 6) is -1.28. The molecule has 1 aromatic rings. The summed E-state index contributed by atoms with van der Waals surface area (Å²) in [5, 5.41) is 2.57. The van der Waals surface area contributed by atoms with Crippen LogP contribution in [0.5, 0.6) is 0 Å². The van der Waals surface area contributed by atoms with Gasteiger partial charge in [-0.25, -0.2) is 13.8 Å². The lowest BCUT2D eigenvalue weighted by Crippen LogP contribution is -2.24. The molecule has 87 valence electrons. The van der Waals surface area contributed by atoms with Crippen LogP contribution in [0.4, 0.5) is 8.78 Å². The van der Waals surface area contributed by atoms with Crippen molar-refractivity contribution in [3.8, 4) is 0 Å². The van der Waals surface area contributed by atoms with E-state index in [0.29, 0.717) is 12.1 Å². The summed E-state index contributed by atoms with van der Waals surface area (Å²) in [5.41, 5.74) is 0.685. The molecule has 0 unspecified atom stereocenters. The maximum atomic E-state index is 12.7. The number of carbonyl (C=O) groups excluding carboxylic acids is 1. The Bertz CT molecular complexity index is 492. The standard InChI is InChI=1S/C12H9F2N2O/c13-8-1-4-10(5-2-8)16-12(17)11-6-3-9(14)7-15-11/h1-4,6-7H,5H2,(H,16,17). The quantitative estimate of drug-likeness (QED) is 0.854. The van der Waals surface area contributed by atoms with E-state index in [9.17, 15) is 13.6 Å². The number of aromatic nitrogens is 1. The van der Waals surface area contributed by atoms with Gasteiger partial charge in [-0.2, -0.15) is 0 Å². The summed E-state index contributed by atoms with van der Waals surface area (Å²) < 4.78 is 25.2. The third kappa shape index (κ3) is 2.96. The molecular formula is C12H9F2N2O. The third-order valence-electron chi connectivity index (χ3n) is 2.19. The fourth-order valence-corrected chi connectivity index (χ4v) is 1.34. The van der Waals surface area contributed by atoms with Crippen LogP contribution in [0.2, 0.25) is 0 Å². The molecule has 1 aliphatic carbocycles. The lowest BCUT2D eigenvalue weighted by molar-refractivity contribution is 0.0960. The number of pyridine rings is 1. The van der Waals surface area contributed by atoms with Gasteiger partial charge in [0.15, 0.2) is 0 Å². The first-order chi connectivity index (χ1) is 8.15. The summed E-state index contributed by atoms with van der Waals surface area (Å²) >= 11 is 0. The molecule has 0 saturated heterocycles. The number of hydrogen-bond acceptors (Lipinski definition) is 2. The van der Waals surface area contributed by atoms with Crippen molar-refractivity contribution in [2.75, 3.05) is 0 Å². The zero-order chi connectivity index (χ0) is 12.3. The third-order valence-corrected chi connectivity index (χ3v) is 2.19. The predicted octanol–water partition coefficient (Wildman–Crippen LogP) is 2.30. The Balaban J connectivity index is 2.05. The molecule has 1 heterocycles. The van der Waals surface area contributed by atoms with Crippen LogP contribution >= 0.6 is 0 Å². The molecule has 1 amide bonds. The van der Waals surface area contributed by atoms with E-state index < -0.39 is 11.7 Å². The van der Waals surface area contributed by atoms with Crippen molar-refractivity contribution in [2.24, 2.45) is 0 Å². The van der Waals surface area contributed by atoms with Crippen LogP contribution in [-0.2, 0) is 0 Å². The Morgan fingerprint density at radius 1 is 1.29 bits per heavy atom. The fraction of sp³-hybridized carbons (Fsp3) is 0.0833. The number of nitrogens with zero attached hydrogens (tertiary/aromatic N) is 1. The fourth-order valence-electron chi connectivity index (χ4n) is 1.34. The Morgan fingerprint density at radius 3 is 2.71 bits per heavy atom. The minimum Gasteiger partial charge on any atom is -0.324 e. The first-order valence-corrected chi connectivity index (χ1v) is 4.97. The lowest BCUT2D eigenvalue weighted by Gasteiger charge is -2.11. The summed E-state index contributed by atoms with van der Waals surface area (Å²) in [7, 11) is 0. The average molecular weight is 235 g/mol. The van der Waals surface area contributed by atoms with Crippen molar-refractivity contribution in [2.45, 2.75) is 6.42 Å². The van der Waals surface area contributed by atoms with Crippen molar-refractivity contribution in [3.05, 3.63) is 59.9 Å². The average Bonchev–Trinajstić information content (AvgIpc) is 2.33. The molecule has 1 radical (unpaired) electrons. The van der Waals surface area contributed by atoms with E-state index in [4.69, 9.17) is 0 Å². The van der Waals surface area contributed by atoms with E-state index in [2.05, 4.69) is 10.3 Å². The van der Waals surface area contributed by atoms with Crippen LogP contribution in [-0.4, -0.2) is 10.9 Å². The number of hydrogen-bond donors (Lipinski definition) is 1. The number of nitrogens with one attached hydrogen (secondary N) is 1. The number of allylic oxidation sites excluding steroid dienone is 4. The highest BCUT2D eigenvalue weighted by Crippen LogP contribution is 2.16. The van der Waals surface area contributed by atoms with Gasteiger partial charge in [0, 0.05) is 12.1 Å². The second kappa shape index (κ2) is 4.86. The van der Waals surface area contributed by atoms with Crippen LogP contribution in [0.3, 0.4) is 0 Å². The van der Waals surface area contributed by atoms with Crippen molar-refractivity contribution in [1.82, 2.24) is 10.3 Å². The van der Waals surface area contributed by atoms with Gasteiger partial charge in [0.2, 0.25) is 0 Å². The zero-order valence-corrected chi connectivity index (χ0v) is 8.78. The smallest absolute Gasteiger partial charge is 0.274 e. The lowest BCUT2D eigenvalue weighted by atomic mass is 10.1. The van der Waals surface area contributed by atoms with E-state index >= 15 is 0 Å². The minimum atomic E-state index is -0.503. The van der Waals surface area contributed by atoms with E-state index in [0.717, 1.165) is 12.3 Å². The van der Waals surface area contributed by atoms with Crippen LogP contribution in [0.25, 0.3) is 0 Å². The van der Waals surface area contributed by atoms with E-state index in [-0.39, 0.29) is 11.5 Å². The number of carbonyl (C=O) groups is 1. The van der Waals surface area contributed by atoms with Gasteiger partial charge in [0.1, 0.15) is 17.3 Å².